The van der Waals surface area contributed by atoms with E-state index < -0.39 is 0 Å². The lowest BCUT2D eigenvalue weighted by Crippen LogP contribution is -1.96. The Kier molecular flexibility index (Phi) is 3.85. The van der Waals surface area contributed by atoms with Gasteiger partial charge in [-0.3, -0.25) is 0 Å². The largest absolute Gasteiger partial charge is 0.375 e. The molecular weight excluding hydrogens is 276 g/mol. The fourth-order valence-electron chi connectivity index (χ4n) is 2.11. The number of aryl methyl sites for hydroxylation is 1. The van der Waals surface area contributed by atoms with Crippen LogP contribution in [0.3, 0.4) is 0 Å². The topological polar surface area (TPSA) is 24.9 Å². The van der Waals surface area contributed by atoms with Gasteiger partial charge in [-0.1, -0.05) is 41.1 Å². The van der Waals surface area contributed by atoms with Gasteiger partial charge in [-0.05, 0) is 43.0 Å². The molecule has 0 saturated heterocycles. The van der Waals surface area contributed by atoms with Crippen LogP contribution in [0.5, 0.6) is 0 Å². The zero-order valence-electron chi connectivity index (χ0n) is 10.5. The minimum absolute atomic E-state index is 0.766. The smallest absolute Gasteiger partial charge is 0.118 e. The Hall–Kier alpha value is -1.32. The zero-order valence-corrected chi connectivity index (χ0v) is 12.1. The lowest BCUT2D eigenvalue weighted by molar-refractivity contribution is 0.774. The van der Waals surface area contributed by atoms with Gasteiger partial charge in [0.1, 0.15) is 10.0 Å². The Balaban J connectivity index is 1.78. The molecule has 1 aromatic heterocycles. The average Bonchev–Trinajstić information content (AvgIpc) is 2.68. The summed E-state index contributed by atoms with van der Waals surface area (Å²) in [6.07, 6.45) is 7.70. The van der Waals surface area contributed by atoms with Crippen LogP contribution in [0.1, 0.15) is 29.1 Å². The molecule has 2 nitrogen and oxygen atoms in total. The monoisotopic (exact) mass is 290 g/mol. The summed E-state index contributed by atoms with van der Waals surface area (Å²) in [5, 5.41) is 6.53. The summed E-state index contributed by atoms with van der Waals surface area (Å²) in [6, 6.07) is 7.82. The number of fused-ring (bicyclic) bond motifs is 1. The summed E-state index contributed by atoms with van der Waals surface area (Å²) in [5.41, 5.74) is 2.36. The third kappa shape index (κ3) is 3.17. The first kappa shape index (κ1) is 12.7. The minimum atomic E-state index is 0.766. The number of anilines is 1. The molecule has 1 aliphatic heterocycles. The van der Waals surface area contributed by atoms with E-state index in [4.69, 9.17) is 11.6 Å². The maximum absolute atomic E-state index is 5.87. The maximum Gasteiger partial charge on any atom is 0.118 e. The van der Waals surface area contributed by atoms with Crippen molar-refractivity contribution in [2.24, 2.45) is 0 Å². The number of thiazole rings is 1. The molecule has 0 amide bonds. The van der Waals surface area contributed by atoms with E-state index in [0.29, 0.717) is 0 Å². The summed E-state index contributed by atoms with van der Waals surface area (Å²) < 4.78 is 0. The van der Waals surface area contributed by atoms with Gasteiger partial charge in [0.05, 0.1) is 5.69 Å². The number of hydrogen-bond donors (Lipinski definition) is 1. The van der Waals surface area contributed by atoms with E-state index in [9.17, 15) is 0 Å². The molecule has 0 fully saturated rings. The third-order valence-electron chi connectivity index (χ3n) is 3.13. The summed E-state index contributed by atoms with van der Waals surface area (Å²) in [4.78, 5) is 4.69. The standard InChI is InChI=1S/C15H15ClN2S/c16-12-7-4-11(5-8-12)6-9-14-18-13-3-1-2-10-17-15(13)19-14/h4-9,17H,1-3,10H2/b9-6+. The number of nitrogens with zero attached hydrogens (tertiary/aromatic N) is 1. The van der Waals surface area contributed by atoms with Gasteiger partial charge in [0.2, 0.25) is 0 Å². The van der Waals surface area contributed by atoms with Gasteiger partial charge in [0, 0.05) is 11.6 Å². The van der Waals surface area contributed by atoms with Gasteiger partial charge in [-0.2, -0.15) is 0 Å². The van der Waals surface area contributed by atoms with Gasteiger partial charge < -0.3 is 5.32 Å². The molecule has 98 valence electrons. The van der Waals surface area contributed by atoms with E-state index in [2.05, 4.69) is 22.5 Å². The fraction of sp³-hybridized carbons (Fsp3) is 0.267. The molecule has 19 heavy (non-hydrogen) atoms. The highest BCUT2D eigenvalue weighted by Gasteiger charge is 2.11. The van der Waals surface area contributed by atoms with E-state index in [1.807, 2.05) is 24.3 Å². The van der Waals surface area contributed by atoms with Crippen molar-refractivity contribution in [3.8, 4) is 0 Å². The van der Waals surface area contributed by atoms with Crippen LogP contribution in [0.15, 0.2) is 24.3 Å². The number of nitrogens with one attached hydrogen (secondary N) is 1. The first-order valence-electron chi connectivity index (χ1n) is 6.48. The first-order valence-corrected chi connectivity index (χ1v) is 7.68. The van der Waals surface area contributed by atoms with E-state index in [1.165, 1.54) is 23.5 Å². The van der Waals surface area contributed by atoms with Gasteiger partial charge >= 0.3 is 0 Å². The fourth-order valence-corrected chi connectivity index (χ4v) is 3.18. The van der Waals surface area contributed by atoms with Crippen molar-refractivity contribution in [1.82, 2.24) is 4.98 Å². The third-order valence-corrected chi connectivity index (χ3v) is 4.40. The van der Waals surface area contributed by atoms with Crippen molar-refractivity contribution in [2.45, 2.75) is 19.3 Å². The predicted octanol–water partition coefficient (Wildman–Crippen LogP) is 4.72. The second kappa shape index (κ2) is 5.76. The molecule has 1 N–H and O–H groups in total. The van der Waals surface area contributed by atoms with Crippen LogP contribution in [0.25, 0.3) is 12.2 Å². The van der Waals surface area contributed by atoms with Crippen molar-refractivity contribution < 1.29 is 0 Å². The summed E-state index contributed by atoms with van der Waals surface area (Å²) in [7, 11) is 0. The Morgan fingerprint density at radius 3 is 2.84 bits per heavy atom. The van der Waals surface area contributed by atoms with Gasteiger partial charge in [0.25, 0.3) is 0 Å². The minimum Gasteiger partial charge on any atom is -0.375 e. The predicted molar refractivity (Wildman–Crippen MR) is 83.9 cm³/mol. The van der Waals surface area contributed by atoms with Crippen molar-refractivity contribution in [3.63, 3.8) is 0 Å². The molecule has 1 aliphatic rings. The molecule has 3 rings (SSSR count). The normalized spacial score (nSPS) is 15.0. The lowest BCUT2D eigenvalue weighted by Gasteiger charge is -1.96. The molecule has 0 spiro atoms. The van der Waals surface area contributed by atoms with E-state index in [1.54, 1.807) is 11.3 Å². The van der Waals surface area contributed by atoms with Crippen LogP contribution in [0.4, 0.5) is 5.00 Å². The second-order valence-corrected chi connectivity index (χ2v) is 6.06. The lowest BCUT2D eigenvalue weighted by atomic mass is 10.2. The molecule has 0 bridgehead atoms. The van der Waals surface area contributed by atoms with Crippen LogP contribution in [-0.4, -0.2) is 11.5 Å². The average molecular weight is 291 g/mol. The highest BCUT2D eigenvalue weighted by molar-refractivity contribution is 7.16. The molecule has 2 aromatic rings. The Labute approximate surface area is 122 Å². The molecule has 0 saturated carbocycles. The summed E-state index contributed by atoms with van der Waals surface area (Å²) in [6.45, 7) is 1.07. The number of halogens is 1. The SMILES string of the molecule is Clc1ccc(/C=C/c2nc3c(s2)NCCCC3)cc1. The van der Waals surface area contributed by atoms with E-state index in [0.717, 1.165) is 28.6 Å². The molecule has 0 unspecified atom stereocenters. The van der Waals surface area contributed by atoms with E-state index >= 15 is 0 Å². The number of rotatable bonds is 2. The maximum atomic E-state index is 5.87. The highest BCUT2D eigenvalue weighted by Crippen LogP contribution is 2.29. The number of hydrogen-bond acceptors (Lipinski definition) is 3. The highest BCUT2D eigenvalue weighted by atomic mass is 35.5. The van der Waals surface area contributed by atoms with Crippen LogP contribution in [0.2, 0.25) is 5.02 Å². The van der Waals surface area contributed by atoms with Crippen LogP contribution < -0.4 is 5.32 Å². The van der Waals surface area contributed by atoms with Gasteiger partial charge in [-0.25, -0.2) is 4.98 Å². The number of aromatic nitrogens is 1. The molecule has 0 aliphatic carbocycles. The molecule has 0 atom stereocenters. The molecule has 2 heterocycles. The van der Waals surface area contributed by atoms with Crippen molar-refractivity contribution in [3.05, 3.63) is 45.6 Å². The van der Waals surface area contributed by atoms with Gasteiger partial charge in [-0.15, -0.1) is 0 Å². The van der Waals surface area contributed by atoms with Crippen molar-refractivity contribution in [2.75, 3.05) is 11.9 Å². The number of benzene rings is 1. The molecule has 4 heteroatoms. The first-order chi connectivity index (χ1) is 9.31. The quantitative estimate of drug-likeness (QED) is 0.866. The molecular formula is C15H15ClN2S. The van der Waals surface area contributed by atoms with Gasteiger partial charge in [0.15, 0.2) is 0 Å². The molecule has 1 aromatic carbocycles. The van der Waals surface area contributed by atoms with Crippen LogP contribution >= 0.6 is 22.9 Å². The van der Waals surface area contributed by atoms with Crippen LogP contribution in [0, 0.1) is 0 Å². The Morgan fingerprint density at radius 2 is 2.00 bits per heavy atom. The Bertz CT molecular complexity index is 563. The van der Waals surface area contributed by atoms with E-state index in [-0.39, 0.29) is 0 Å². The summed E-state index contributed by atoms with van der Waals surface area (Å²) >= 11 is 7.61. The molecule has 0 radical (unpaired) electrons. The second-order valence-electron chi connectivity index (χ2n) is 4.60. The van der Waals surface area contributed by atoms with Crippen LogP contribution in [-0.2, 0) is 6.42 Å². The van der Waals surface area contributed by atoms with Crippen molar-refractivity contribution in [1.29, 1.82) is 0 Å². The summed E-state index contributed by atoms with van der Waals surface area (Å²) in [5.74, 6) is 0. The van der Waals surface area contributed by atoms with Crippen molar-refractivity contribution >= 4 is 40.1 Å². The Morgan fingerprint density at radius 1 is 1.16 bits per heavy atom. The zero-order chi connectivity index (χ0) is 13.1.